The molecule has 4 rings (SSSR count). The monoisotopic (exact) mass is 400 g/mol. The van der Waals surface area contributed by atoms with Gasteiger partial charge in [-0.25, -0.2) is 4.79 Å². The Morgan fingerprint density at radius 2 is 1.59 bits per heavy atom. The number of aromatic hydroxyl groups is 2. The largest absolute Gasteiger partial charge is 0.492 e. The maximum Gasteiger partial charge on any atom is 0.434 e. The van der Waals surface area contributed by atoms with Crippen LogP contribution in [0, 0.1) is 0 Å². The van der Waals surface area contributed by atoms with E-state index in [9.17, 15) is 15.0 Å². The third-order valence-corrected chi connectivity index (χ3v) is 5.64. The molecular formula is C21H28N4O4. The lowest BCUT2D eigenvalue weighted by atomic mass is 10.1. The predicted octanol–water partition coefficient (Wildman–Crippen LogP) is 2.26. The van der Waals surface area contributed by atoms with E-state index in [0.717, 1.165) is 37.5 Å². The molecule has 1 amide bonds. The zero-order chi connectivity index (χ0) is 20.2. The van der Waals surface area contributed by atoms with Crippen molar-refractivity contribution in [2.75, 3.05) is 44.2 Å². The molecule has 1 aromatic carbocycles. The molecule has 2 aliphatic rings. The Balaban J connectivity index is 1.29. The minimum absolute atomic E-state index is 0.317. The molecule has 2 N–H and O–H groups in total. The van der Waals surface area contributed by atoms with Gasteiger partial charge in [0.2, 0.25) is 11.8 Å². The molecular weight excluding hydrogens is 372 g/mol. The van der Waals surface area contributed by atoms with Crippen LogP contribution in [-0.2, 0) is 6.54 Å². The maximum atomic E-state index is 12.3. The Morgan fingerprint density at radius 3 is 2.28 bits per heavy atom. The summed E-state index contributed by atoms with van der Waals surface area (Å²) in [6.45, 7) is 5.68. The van der Waals surface area contributed by atoms with E-state index < -0.39 is 6.09 Å². The lowest BCUT2D eigenvalue weighted by molar-refractivity contribution is 0.0555. The molecule has 0 bridgehead atoms. The molecule has 0 spiro atoms. The van der Waals surface area contributed by atoms with E-state index in [4.69, 9.17) is 4.84 Å². The molecule has 8 heteroatoms. The number of carbonyl (C=O) groups excluding carboxylic acids is 1. The summed E-state index contributed by atoms with van der Waals surface area (Å²) in [6, 6.07) is 11.3. The fourth-order valence-electron chi connectivity index (χ4n) is 3.98. The van der Waals surface area contributed by atoms with E-state index in [1.54, 1.807) is 4.90 Å². The van der Waals surface area contributed by atoms with E-state index in [1.807, 2.05) is 0 Å². The average Bonchev–Trinajstić information content (AvgIpc) is 3.07. The number of hydrogen-bond acceptors (Lipinski definition) is 6. The third kappa shape index (κ3) is 4.59. The van der Waals surface area contributed by atoms with Gasteiger partial charge >= 0.3 is 6.09 Å². The molecule has 156 valence electrons. The van der Waals surface area contributed by atoms with Gasteiger partial charge in [-0.1, -0.05) is 12.1 Å². The minimum atomic E-state index is -0.585. The van der Waals surface area contributed by atoms with Crippen molar-refractivity contribution in [3.05, 3.63) is 42.0 Å². The van der Waals surface area contributed by atoms with Crippen LogP contribution < -0.4 is 9.74 Å². The number of nitrogens with zero attached hydrogens (tertiary/aromatic N) is 4. The highest BCUT2D eigenvalue weighted by atomic mass is 16.7. The number of piperazine rings is 1. The van der Waals surface area contributed by atoms with Crippen molar-refractivity contribution in [1.82, 2.24) is 14.5 Å². The summed E-state index contributed by atoms with van der Waals surface area (Å²) in [5.74, 6) is -0.633. The molecule has 2 aliphatic heterocycles. The lowest BCUT2D eigenvalue weighted by Crippen LogP contribution is -2.50. The molecule has 0 aliphatic carbocycles. The van der Waals surface area contributed by atoms with Crippen molar-refractivity contribution in [3.8, 4) is 11.8 Å². The lowest BCUT2D eigenvalue weighted by Gasteiger charge is -2.34. The number of anilines is 1. The first-order valence-corrected chi connectivity index (χ1v) is 10.2. The van der Waals surface area contributed by atoms with Gasteiger partial charge in [-0.15, -0.1) is 4.73 Å². The standard InChI is InChI=1S/C21H28N4O4/c26-19-7-8-20(27)25(19)29-21(28)24-13-11-22(12-14-24)16-17-5-4-6-18(15-17)23-9-2-1-3-10-23/h4-8,15,26-27H,1-3,9-14,16H2. The van der Waals surface area contributed by atoms with Crippen LogP contribution in [0.2, 0.25) is 0 Å². The van der Waals surface area contributed by atoms with E-state index >= 15 is 0 Å². The van der Waals surface area contributed by atoms with Crippen LogP contribution in [0.25, 0.3) is 0 Å². The highest BCUT2D eigenvalue weighted by Crippen LogP contribution is 2.22. The van der Waals surface area contributed by atoms with Crippen LogP contribution >= 0.6 is 0 Å². The second-order valence-corrected chi connectivity index (χ2v) is 7.68. The van der Waals surface area contributed by atoms with Gasteiger partial charge in [0.15, 0.2) is 0 Å². The zero-order valence-corrected chi connectivity index (χ0v) is 16.5. The van der Waals surface area contributed by atoms with Gasteiger partial charge < -0.3 is 24.9 Å². The topological polar surface area (TPSA) is 81.4 Å². The Labute approximate surface area is 170 Å². The molecule has 0 radical (unpaired) electrons. The van der Waals surface area contributed by atoms with E-state index in [2.05, 4.69) is 34.1 Å². The van der Waals surface area contributed by atoms with E-state index in [0.29, 0.717) is 13.1 Å². The summed E-state index contributed by atoms with van der Waals surface area (Å²) >= 11 is 0. The molecule has 2 saturated heterocycles. The fraction of sp³-hybridized carbons (Fsp3) is 0.476. The van der Waals surface area contributed by atoms with Gasteiger partial charge in [-0.2, -0.15) is 0 Å². The summed E-state index contributed by atoms with van der Waals surface area (Å²) in [5.41, 5.74) is 2.59. The Hall–Kier alpha value is -2.87. The van der Waals surface area contributed by atoms with Gasteiger partial charge in [0.25, 0.3) is 0 Å². The average molecular weight is 400 g/mol. The molecule has 3 heterocycles. The van der Waals surface area contributed by atoms with Crippen LogP contribution in [0.3, 0.4) is 0 Å². The Kier molecular flexibility index (Phi) is 5.80. The second kappa shape index (κ2) is 8.65. The van der Waals surface area contributed by atoms with Crippen LogP contribution in [0.15, 0.2) is 36.4 Å². The number of hydrogen-bond donors (Lipinski definition) is 2. The third-order valence-electron chi connectivity index (χ3n) is 5.64. The molecule has 29 heavy (non-hydrogen) atoms. The normalized spacial score (nSPS) is 18.1. The van der Waals surface area contributed by atoms with Crippen molar-refractivity contribution < 1.29 is 19.8 Å². The van der Waals surface area contributed by atoms with Crippen molar-refractivity contribution >= 4 is 11.8 Å². The number of benzene rings is 1. The van der Waals surface area contributed by atoms with Crippen molar-refractivity contribution in [1.29, 1.82) is 0 Å². The zero-order valence-electron chi connectivity index (χ0n) is 16.5. The molecule has 8 nitrogen and oxygen atoms in total. The first-order valence-electron chi connectivity index (χ1n) is 10.2. The van der Waals surface area contributed by atoms with E-state index in [-0.39, 0.29) is 11.8 Å². The first-order chi connectivity index (χ1) is 14.1. The number of piperidine rings is 1. The minimum Gasteiger partial charge on any atom is -0.492 e. The summed E-state index contributed by atoms with van der Waals surface area (Å²) in [5, 5.41) is 19.2. The number of aromatic nitrogens is 1. The van der Waals surface area contributed by atoms with Crippen LogP contribution in [0.5, 0.6) is 11.8 Å². The van der Waals surface area contributed by atoms with E-state index in [1.165, 1.54) is 42.6 Å². The second-order valence-electron chi connectivity index (χ2n) is 7.68. The SMILES string of the molecule is O=C(On1c(O)ccc1O)N1CCN(Cc2cccc(N3CCCCC3)c2)CC1. The molecule has 2 fully saturated rings. The van der Waals surface area contributed by atoms with Gasteiger partial charge in [-0.05, 0) is 37.0 Å². The number of amides is 1. The fourth-order valence-corrected chi connectivity index (χ4v) is 3.98. The van der Waals surface area contributed by atoms with Crippen LogP contribution in [-0.4, -0.2) is 70.1 Å². The van der Waals surface area contributed by atoms with Crippen molar-refractivity contribution in [3.63, 3.8) is 0 Å². The molecule has 0 atom stereocenters. The van der Waals surface area contributed by atoms with Crippen molar-refractivity contribution in [2.24, 2.45) is 0 Å². The highest BCUT2D eigenvalue weighted by molar-refractivity contribution is 5.68. The van der Waals surface area contributed by atoms with Gasteiger partial charge in [0.05, 0.1) is 0 Å². The highest BCUT2D eigenvalue weighted by Gasteiger charge is 2.24. The summed E-state index contributed by atoms with van der Waals surface area (Å²) in [4.78, 5) is 23.7. The summed E-state index contributed by atoms with van der Waals surface area (Å²) in [6.07, 6.45) is 3.27. The van der Waals surface area contributed by atoms with Gasteiger partial charge in [0, 0.05) is 63.6 Å². The summed E-state index contributed by atoms with van der Waals surface area (Å²) < 4.78 is 0.723. The summed E-state index contributed by atoms with van der Waals surface area (Å²) in [7, 11) is 0. The predicted molar refractivity (Wildman–Crippen MR) is 109 cm³/mol. The molecule has 2 aromatic rings. The number of carbonyl (C=O) groups is 1. The molecule has 1 aromatic heterocycles. The smallest absolute Gasteiger partial charge is 0.434 e. The molecule has 0 unspecified atom stereocenters. The Morgan fingerprint density at radius 1 is 0.897 bits per heavy atom. The van der Waals surface area contributed by atoms with Crippen molar-refractivity contribution in [2.45, 2.75) is 25.8 Å². The maximum absolute atomic E-state index is 12.3. The Bertz CT molecular complexity index is 819. The van der Waals surface area contributed by atoms with Gasteiger partial charge in [0.1, 0.15) is 0 Å². The van der Waals surface area contributed by atoms with Crippen LogP contribution in [0.1, 0.15) is 24.8 Å². The number of rotatable bonds is 4. The first kappa shape index (κ1) is 19.4. The van der Waals surface area contributed by atoms with Crippen LogP contribution in [0.4, 0.5) is 10.5 Å². The molecule has 0 saturated carbocycles. The van der Waals surface area contributed by atoms with Gasteiger partial charge in [-0.3, -0.25) is 4.90 Å². The quantitative estimate of drug-likeness (QED) is 0.819.